The molecule has 14 heavy (non-hydrogen) atoms. The Labute approximate surface area is 89.3 Å². The number of ketones is 1. The van der Waals surface area contributed by atoms with Crippen LogP contribution >= 0.6 is 12.2 Å². The first-order chi connectivity index (χ1) is 6.68. The molecule has 0 spiro atoms. The smallest absolute Gasteiger partial charge is 0.130 e. The second kappa shape index (κ2) is 5.50. The number of Topliss-reactive ketones (excluding diaryl/α,β-unsaturated/α-hetero) is 1. The average Bonchev–Trinajstić information content (AvgIpc) is 2.16. The third kappa shape index (κ3) is 4.14. The molecule has 0 heterocycles. The SMILES string of the molecule is CC(=O)CCC(=S)Nc1ccccc1. The van der Waals surface area contributed by atoms with Crippen LogP contribution in [0.2, 0.25) is 0 Å². The van der Waals surface area contributed by atoms with Crippen molar-refractivity contribution in [2.24, 2.45) is 0 Å². The highest BCUT2D eigenvalue weighted by Crippen LogP contribution is 2.06. The van der Waals surface area contributed by atoms with Crippen molar-refractivity contribution in [2.75, 3.05) is 5.32 Å². The summed E-state index contributed by atoms with van der Waals surface area (Å²) in [5.74, 6) is 0.169. The van der Waals surface area contributed by atoms with Crippen LogP contribution < -0.4 is 5.32 Å². The van der Waals surface area contributed by atoms with Crippen molar-refractivity contribution >= 4 is 28.7 Å². The molecule has 0 saturated carbocycles. The van der Waals surface area contributed by atoms with Gasteiger partial charge >= 0.3 is 0 Å². The molecular weight excluding hydrogens is 194 g/mol. The van der Waals surface area contributed by atoms with E-state index in [9.17, 15) is 4.79 Å². The van der Waals surface area contributed by atoms with Crippen molar-refractivity contribution < 1.29 is 4.79 Å². The van der Waals surface area contributed by atoms with Crippen molar-refractivity contribution in [3.05, 3.63) is 30.3 Å². The lowest BCUT2D eigenvalue weighted by molar-refractivity contribution is -0.116. The Balaban J connectivity index is 2.38. The fourth-order valence-corrected chi connectivity index (χ4v) is 1.25. The molecule has 1 aromatic rings. The number of hydrogen-bond acceptors (Lipinski definition) is 2. The van der Waals surface area contributed by atoms with Gasteiger partial charge < -0.3 is 10.1 Å². The number of carbonyl (C=O) groups is 1. The molecule has 1 aromatic carbocycles. The molecule has 0 aliphatic heterocycles. The minimum Gasteiger partial charge on any atom is -0.350 e. The van der Waals surface area contributed by atoms with Gasteiger partial charge in [-0.1, -0.05) is 30.4 Å². The van der Waals surface area contributed by atoms with Crippen LogP contribution in [-0.2, 0) is 4.79 Å². The van der Waals surface area contributed by atoms with Crippen LogP contribution in [0, 0.1) is 0 Å². The predicted molar refractivity (Wildman–Crippen MR) is 62.6 cm³/mol. The highest BCUT2D eigenvalue weighted by molar-refractivity contribution is 7.80. The number of thiocarbonyl (C=S) groups is 1. The van der Waals surface area contributed by atoms with Gasteiger partial charge in [0.1, 0.15) is 5.78 Å². The molecular formula is C11H13NOS. The number of benzene rings is 1. The van der Waals surface area contributed by atoms with E-state index in [2.05, 4.69) is 5.32 Å². The molecule has 0 unspecified atom stereocenters. The molecule has 0 aromatic heterocycles. The van der Waals surface area contributed by atoms with E-state index in [1.54, 1.807) is 6.92 Å². The molecule has 0 fully saturated rings. The highest BCUT2D eigenvalue weighted by Gasteiger charge is 1.99. The van der Waals surface area contributed by atoms with Crippen LogP contribution in [0.1, 0.15) is 19.8 Å². The van der Waals surface area contributed by atoms with Gasteiger partial charge in [-0.25, -0.2) is 0 Å². The Morgan fingerprint density at radius 2 is 1.93 bits per heavy atom. The first-order valence-corrected chi connectivity index (χ1v) is 4.93. The van der Waals surface area contributed by atoms with E-state index in [4.69, 9.17) is 12.2 Å². The maximum absolute atomic E-state index is 10.7. The average molecular weight is 207 g/mol. The van der Waals surface area contributed by atoms with E-state index < -0.39 is 0 Å². The van der Waals surface area contributed by atoms with Crippen LogP contribution in [0.3, 0.4) is 0 Å². The topological polar surface area (TPSA) is 29.1 Å². The van der Waals surface area contributed by atoms with Gasteiger partial charge in [0.2, 0.25) is 0 Å². The Morgan fingerprint density at radius 1 is 1.29 bits per heavy atom. The minimum absolute atomic E-state index is 0.169. The Kier molecular flexibility index (Phi) is 4.26. The summed E-state index contributed by atoms with van der Waals surface area (Å²) in [6, 6.07) is 9.72. The molecule has 2 nitrogen and oxygen atoms in total. The van der Waals surface area contributed by atoms with Gasteiger partial charge in [0.05, 0.1) is 4.99 Å². The summed E-state index contributed by atoms with van der Waals surface area (Å²) in [6.45, 7) is 1.57. The Bertz CT molecular complexity index is 321. The zero-order valence-electron chi connectivity index (χ0n) is 8.12. The maximum Gasteiger partial charge on any atom is 0.130 e. The lowest BCUT2D eigenvalue weighted by atomic mass is 10.2. The van der Waals surface area contributed by atoms with Gasteiger partial charge in [-0.2, -0.15) is 0 Å². The fraction of sp³-hybridized carbons (Fsp3) is 0.273. The molecule has 0 atom stereocenters. The molecule has 1 rings (SSSR count). The normalized spacial score (nSPS) is 9.50. The van der Waals surface area contributed by atoms with Crippen molar-refractivity contribution in [3.8, 4) is 0 Å². The molecule has 1 N–H and O–H groups in total. The van der Waals surface area contributed by atoms with E-state index >= 15 is 0 Å². The molecule has 0 bridgehead atoms. The van der Waals surface area contributed by atoms with Gasteiger partial charge in [0, 0.05) is 18.5 Å². The Morgan fingerprint density at radius 3 is 2.50 bits per heavy atom. The highest BCUT2D eigenvalue weighted by atomic mass is 32.1. The zero-order chi connectivity index (χ0) is 10.4. The summed E-state index contributed by atoms with van der Waals surface area (Å²) in [7, 11) is 0. The van der Waals surface area contributed by atoms with Gasteiger partial charge in [-0.05, 0) is 19.1 Å². The number of rotatable bonds is 4. The molecule has 0 amide bonds. The summed E-state index contributed by atoms with van der Waals surface area (Å²) in [5.41, 5.74) is 0.973. The largest absolute Gasteiger partial charge is 0.350 e. The third-order valence-electron chi connectivity index (χ3n) is 1.76. The lowest BCUT2D eigenvalue weighted by Crippen LogP contribution is -2.10. The van der Waals surface area contributed by atoms with E-state index in [1.165, 1.54) is 0 Å². The summed E-state index contributed by atoms with van der Waals surface area (Å²) >= 11 is 5.09. The number of hydrogen-bond donors (Lipinski definition) is 1. The number of para-hydroxylation sites is 1. The molecule has 0 saturated heterocycles. The fourth-order valence-electron chi connectivity index (χ4n) is 1.03. The van der Waals surface area contributed by atoms with E-state index in [0.717, 1.165) is 5.69 Å². The van der Waals surface area contributed by atoms with Crippen LogP contribution in [-0.4, -0.2) is 10.8 Å². The maximum atomic E-state index is 10.7. The van der Waals surface area contributed by atoms with Gasteiger partial charge in [0.15, 0.2) is 0 Å². The van der Waals surface area contributed by atoms with Crippen molar-refractivity contribution in [2.45, 2.75) is 19.8 Å². The standard InChI is InChI=1S/C11H13NOS/c1-9(13)7-8-11(14)12-10-5-3-2-4-6-10/h2-6H,7-8H2,1H3,(H,12,14). The third-order valence-corrected chi connectivity index (χ3v) is 2.07. The molecule has 74 valence electrons. The van der Waals surface area contributed by atoms with E-state index in [-0.39, 0.29) is 5.78 Å². The Hall–Kier alpha value is -1.22. The van der Waals surface area contributed by atoms with Gasteiger partial charge in [-0.15, -0.1) is 0 Å². The van der Waals surface area contributed by atoms with Crippen LogP contribution in [0.5, 0.6) is 0 Å². The van der Waals surface area contributed by atoms with Gasteiger partial charge in [-0.3, -0.25) is 0 Å². The van der Waals surface area contributed by atoms with Crippen LogP contribution in [0.15, 0.2) is 30.3 Å². The predicted octanol–water partition coefficient (Wildman–Crippen LogP) is 2.80. The number of nitrogens with one attached hydrogen (secondary N) is 1. The van der Waals surface area contributed by atoms with Crippen LogP contribution in [0.25, 0.3) is 0 Å². The lowest BCUT2D eigenvalue weighted by Gasteiger charge is -2.06. The second-order valence-electron chi connectivity index (χ2n) is 3.12. The summed E-state index contributed by atoms with van der Waals surface area (Å²) in [4.78, 5) is 11.4. The molecule has 3 heteroatoms. The van der Waals surface area contributed by atoms with Crippen LogP contribution in [0.4, 0.5) is 5.69 Å². The van der Waals surface area contributed by atoms with E-state index in [1.807, 2.05) is 30.3 Å². The number of carbonyl (C=O) groups excluding carboxylic acids is 1. The van der Waals surface area contributed by atoms with Crippen molar-refractivity contribution in [3.63, 3.8) is 0 Å². The minimum atomic E-state index is 0.169. The molecule has 0 aliphatic rings. The van der Waals surface area contributed by atoms with Crippen molar-refractivity contribution in [1.29, 1.82) is 0 Å². The first-order valence-electron chi connectivity index (χ1n) is 4.53. The molecule has 0 aliphatic carbocycles. The summed E-state index contributed by atoms with van der Waals surface area (Å²) in [5, 5.41) is 3.08. The summed E-state index contributed by atoms with van der Waals surface area (Å²) in [6.07, 6.45) is 1.14. The quantitative estimate of drug-likeness (QED) is 0.770. The van der Waals surface area contributed by atoms with E-state index in [0.29, 0.717) is 17.8 Å². The molecule has 0 radical (unpaired) electrons. The zero-order valence-corrected chi connectivity index (χ0v) is 8.93. The van der Waals surface area contributed by atoms with Crippen molar-refractivity contribution in [1.82, 2.24) is 0 Å². The summed E-state index contributed by atoms with van der Waals surface area (Å²) < 4.78 is 0. The first kappa shape index (κ1) is 10.9. The monoisotopic (exact) mass is 207 g/mol. The van der Waals surface area contributed by atoms with Gasteiger partial charge in [0.25, 0.3) is 0 Å². The second-order valence-corrected chi connectivity index (χ2v) is 3.61. The number of anilines is 1.